The van der Waals surface area contributed by atoms with Crippen LogP contribution in [-0.4, -0.2) is 33.4 Å². The maximum atomic E-state index is 6.08. The molecule has 0 aromatic heterocycles. The number of hydrogen-bond acceptors (Lipinski definition) is 3. The average molecular weight is 269 g/mol. The Morgan fingerprint density at radius 1 is 1.50 bits per heavy atom. The minimum absolute atomic E-state index is 0.344. The van der Waals surface area contributed by atoms with Crippen LogP contribution in [0.1, 0.15) is 18.4 Å². The van der Waals surface area contributed by atoms with E-state index in [0.29, 0.717) is 6.10 Å². The summed E-state index contributed by atoms with van der Waals surface area (Å²) in [5.74, 6) is 0. The van der Waals surface area contributed by atoms with Gasteiger partial charge in [0.25, 0.3) is 0 Å². The van der Waals surface area contributed by atoms with Gasteiger partial charge >= 0.3 is 0 Å². The zero-order valence-electron chi connectivity index (χ0n) is 11.1. The smallest absolute Gasteiger partial charge is 0.0746 e. The third kappa shape index (κ3) is 3.16. The molecule has 1 saturated heterocycles. The molecule has 1 aromatic rings. The number of halogens is 1. The Hall–Kier alpha value is -0.770. The molecule has 2 rings (SSSR count). The van der Waals surface area contributed by atoms with Crippen molar-refractivity contribution in [1.82, 2.24) is 5.32 Å². The molecule has 0 saturated carbocycles. The van der Waals surface area contributed by atoms with Gasteiger partial charge in [-0.1, -0.05) is 11.6 Å². The zero-order valence-corrected chi connectivity index (χ0v) is 11.8. The van der Waals surface area contributed by atoms with Gasteiger partial charge in [0.1, 0.15) is 0 Å². The second-order valence-corrected chi connectivity index (χ2v) is 5.19. The number of benzene rings is 1. The molecule has 1 unspecified atom stereocenters. The van der Waals surface area contributed by atoms with Crippen molar-refractivity contribution in [3.8, 4) is 0 Å². The van der Waals surface area contributed by atoms with Crippen molar-refractivity contribution in [3.05, 3.63) is 28.8 Å². The molecule has 1 fully saturated rings. The molecule has 100 valence electrons. The Morgan fingerprint density at radius 3 is 3.06 bits per heavy atom. The highest BCUT2D eigenvalue weighted by atomic mass is 35.5. The number of hydrogen-bond donors (Lipinski definition) is 1. The summed E-state index contributed by atoms with van der Waals surface area (Å²) < 4.78 is 5.48. The first-order chi connectivity index (χ1) is 8.74. The quantitative estimate of drug-likeness (QED) is 0.909. The van der Waals surface area contributed by atoms with Crippen molar-refractivity contribution in [1.29, 1.82) is 0 Å². The van der Waals surface area contributed by atoms with E-state index in [1.165, 1.54) is 17.7 Å². The Labute approximate surface area is 114 Å². The van der Waals surface area contributed by atoms with Crippen LogP contribution in [0.5, 0.6) is 0 Å². The number of ether oxygens (including phenoxy) is 1. The molecule has 18 heavy (non-hydrogen) atoms. The van der Waals surface area contributed by atoms with Crippen LogP contribution < -0.4 is 10.2 Å². The van der Waals surface area contributed by atoms with Crippen molar-refractivity contribution >= 4 is 17.3 Å². The first-order valence-corrected chi connectivity index (χ1v) is 6.83. The van der Waals surface area contributed by atoms with Crippen molar-refractivity contribution in [2.45, 2.75) is 25.5 Å². The minimum atomic E-state index is 0.344. The lowest BCUT2D eigenvalue weighted by molar-refractivity contribution is 0.0893. The fraction of sp³-hybridized carbons (Fsp3) is 0.571. The second-order valence-electron chi connectivity index (χ2n) is 4.75. The predicted octanol–water partition coefficient (Wildman–Crippen LogP) is 2.67. The highest BCUT2D eigenvalue weighted by molar-refractivity contribution is 6.30. The third-order valence-corrected chi connectivity index (χ3v) is 3.70. The van der Waals surface area contributed by atoms with Gasteiger partial charge in [-0.3, -0.25) is 0 Å². The van der Waals surface area contributed by atoms with E-state index in [1.807, 2.05) is 19.2 Å². The molecule has 1 aromatic carbocycles. The topological polar surface area (TPSA) is 24.5 Å². The third-order valence-electron chi connectivity index (χ3n) is 3.46. The summed E-state index contributed by atoms with van der Waals surface area (Å²) >= 11 is 6.08. The molecule has 1 atom stereocenters. The van der Waals surface area contributed by atoms with Crippen molar-refractivity contribution in [2.24, 2.45) is 0 Å². The number of methoxy groups -OCH3 is 1. The Balaban J connectivity index is 2.20. The van der Waals surface area contributed by atoms with Gasteiger partial charge in [0.2, 0.25) is 0 Å². The van der Waals surface area contributed by atoms with Crippen molar-refractivity contribution in [2.75, 3.05) is 32.1 Å². The first-order valence-electron chi connectivity index (χ1n) is 6.45. The molecule has 3 nitrogen and oxygen atoms in total. The maximum absolute atomic E-state index is 6.08. The molecular formula is C14H21ClN2O. The number of piperidine rings is 1. The van der Waals surface area contributed by atoms with Crippen LogP contribution in [0.25, 0.3) is 0 Å². The zero-order chi connectivity index (χ0) is 13.0. The standard InChI is InChI=1S/C14H21ClN2O/c1-16-9-11-8-12(15)5-6-14(11)17-7-3-4-13(10-17)18-2/h5-6,8,13,16H,3-4,7,9-10H2,1-2H3. The summed E-state index contributed by atoms with van der Waals surface area (Å²) in [5, 5.41) is 3.99. The van der Waals surface area contributed by atoms with E-state index < -0.39 is 0 Å². The van der Waals surface area contributed by atoms with E-state index in [0.717, 1.165) is 31.1 Å². The van der Waals surface area contributed by atoms with Crippen LogP contribution in [-0.2, 0) is 11.3 Å². The predicted molar refractivity (Wildman–Crippen MR) is 76.5 cm³/mol. The lowest BCUT2D eigenvalue weighted by Gasteiger charge is -2.35. The van der Waals surface area contributed by atoms with Crippen molar-refractivity contribution < 1.29 is 4.74 Å². The first kappa shape index (κ1) is 13.7. The normalized spacial score (nSPS) is 20.2. The van der Waals surface area contributed by atoms with E-state index >= 15 is 0 Å². The molecule has 1 aliphatic rings. The van der Waals surface area contributed by atoms with Crippen LogP contribution in [0, 0.1) is 0 Å². The van der Waals surface area contributed by atoms with Crippen LogP contribution in [0.15, 0.2) is 18.2 Å². The van der Waals surface area contributed by atoms with Gasteiger partial charge in [0.15, 0.2) is 0 Å². The van der Waals surface area contributed by atoms with E-state index in [4.69, 9.17) is 16.3 Å². The van der Waals surface area contributed by atoms with Crippen LogP contribution >= 0.6 is 11.6 Å². The molecule has 0 spiro atoms. The lowest BCUT2D eigenvalue weighted by Crippen LogP contribution is -2.39. The van der Waals surface area contributed by atoms with Gasteiger partial charge in [-0.05, 0) is 43.7 Å². The molecule has 1 N–H and O–H groups in total. The highest BCUT2D eigenvalue weighted by Gasteiger charge is 2.21. The Morgan fingerprint density at radius 2 is 2.33 bits per heavy atom. The summed E-state index contributed by atoms with van der Waals surface area (Å²) in [6.07, 6.45) is 2.68. The molecule has 0 bridgehead atoms. The summed E-state index contributed by atoms with van der Waals surface area (Å²) in [4.78, 5) is 2.40. The Bertz CT molecular complexity index is 397. The van der Waals surface area contributed by atoms with Gasteiger partial charge in [-0.2, -0.15) is 0 Å². The van der Waals surface area contributed by atoms with E-state index in [1.54, 1.807) is 7.11 Å². The number of rotatable bonds is 4. The van der Waals surface area contributed by atoms with Crippen molar-refractivity contribution in [3.63, 3.8) is 0 Å². The maximum Gasteiger partial charge on any atom is 0.0746 e. The van der Waals surface area contributed by atoms with Gasteiger partial charge < -0.3 is 15.0 Å². The van der Waals surface area contributed by atoms with E-state index in [9.17, 15) is 0 Å². The van der Waals surface area contributed by atoms with Crippen LogP contribution in [0.3, 0.4) is 0 Å². The lowest BCUT2D eigenvalue weighted by atomic mass is 10.0. The van der Waals surface area contributed by atoms with E-state index in [-0.39, 0.29) is 0 Å². The fourth-order valence-electron chi connectivity index (χ4n) is 2.54. The van der Waals surface area contributed by atoms with Crippen LogP contribution in [0.4, 0.5) is 5.69 Å². The molecule has 4 heteroatoms. The van der Waals surface area contributed by atoms with E-state index in [2.05, 4.69) is 16.3 Å². The highest BCUT2D eigenvalue weighted by Crippen LogP contribution is 2.27. The fourth-order valence-corrected chi connectivity index (χ4v) is 2.74. The SMILES string of the molecule is CNCc1cc(Cl)ccc1N1CCCC(OC)C1. The Kier molecular flexibility index (Phi) is 4.87. The number of nitrogens with zero attached hydrogens (tertiary/aromatic N) is 1. The molecule has 0 amide bonds. The van der Waals surface area contributed by atoms with Gasteiger partial charge in [0, 0.05) is 37.5 Å². The molecule has 1 aliphatic heterocycles. The molecule has 0 radical (unpaired) electrons. The average Bonchev–Trinajstić information content (AvgIpc) is 2.39. The molecular weight excluding hydrogens is 248 g/mol. The summed E-state index contributed by atoms with van der Waals surface area (Å²) in [6.45, 7) is 2.90. The summed E-state index contributed by atoms with van der Waals surface area (Å²) in [5.41, 5.74) is 2.53. The monoisotopic (exact) mass is 268 g/mol. The number of nitrogens with one attached hydrogen (secondary N) is 1. The van der Waals surface area contributed by atoms with Gasteiger partial charge in [-0.25, -0.2) is 0 Å². The molecule has 1 heterocycles. The summed E-state index contributed by atoms with van der Waals surface area (Å²) in [7, 11) is 3.75. The molecule has 0 aliphatic carbocycles. The van der Waals surface area contributed by atoms with Gasteiger partial charge in [-0.15, -0.1) is 0 Å². The van der Waals surface area contributed by atoms with Gasteiger partial charge in [0.05, 0.1) is 6.10 Å². The largest absolute Gasteiger partial charge is 0.380 e. The number of anilines is 1. The van der Waals surface area contributed by atoms with Crippen LogP contribution in [0.2, 0.25) is 5.02 Å². The second kappa shape index (κ2) is 6.41. The minimum Gasteiger partial charge on any atom is -0.380 e. The summed E-state index contributed by atoms with van der Waals surface area (Å²) in [6, 6.07) is 6.13.